The number of carbonyl (C=O) groups is 2. The zero-order chi connectivity index (χ0) is 12.0. The van der Waals surface area contributed by atoms with Gasteiger partial charge in [0.1, 0.15) is 6.61 Å². The minimum absolute atomic E-state index is 0.156. The maximum absolute atomic E-state index is 11.2. The van der Waals surface area contributed by atoms with Crippen LogP contribution in [0.2, 0.25) is 0 Å². The molecule has 1 rings (SSSR count). The Hall–Kier alpha value is -1.88. The van der Waals surface area contributed by atoms with Gasteiger partial charge >= 0.3 is 5.97 Å². The molecule has 0 unspecified atom stereocenters. The first-order valence-electron chi connectivity index (χ1n) is 4.71. The van der Waals surface area contributed by atoms with Gasteiger partial charge in [0.2, 0.25) is 5.91 Å². The average molecular weight is 223 g/mol. The first-order chi connectivity index (χ1) is 7.65. The summed E-state index contributed by atoms with van der Waals surface area (Å²) in [5.74, 6) is -1.56. The number of rotatable bonds is 5. The maximum Gasteiger partial charge on any atom is 0.330 e. The molecule has 1 amide bonds. The predicted molar refractivity (Wildman–Crippen MR) is 56.8 cm³/mol. The third-order valence-corrected chi connectivity index (χ3v) is 1.96. The highest BCUT2D eigenvalue weighted by molar-refractivity contribution is 5.85. The van der Waals surface area contributed by atoms with Gasteiger partial charge in [0.25, 0.3) is 0 Å². The molecule has 0 aliphatic carbocycles. The standard InChI is InChI=1S/C11H13NO4/c1-16-7-9(13)12-10(11(14)15)8-5-3-2-4-6-8/h2-6,10H,7H2,1H3,(H,12,13)(H,14,15)/t10-/m0/s1. The fraction of sp³-hybridized carbons (Fsp3) is 0.273. The van der Waals surface area contributed by atoms with E-state index in [0.29, 0.717) is 5.56 Å². The molecule has 0 aliphatic heterocycles. The Morgan fingerprint density at radius 2 is 2.00 bits per heavy atom. The van der Waals surface area contributed by atoms with E-state index >= 15 is 0 Å². The van der Waals surface area contributed by atoms with E-state index in [1.54, 1.807) is 30.3 Å². The Labute approximate surface area is 93.0 Å². The number of carboxylic acid groups (broad SMARTS) is 1. The second-order valence-corrected chi connectivity index (χ2v) is 3.18. The van der Waals surface area contributed by atoms with E-state index in [9.17, 15) is 9.59 Å². The van der Waals surface area contributed by atoms with Crippen LogP contribution in [0.15, 0.2) is 30.3 Å². The van der Waals surface area contributed by atoms with Crippen molar-refractivity contribution in [1.29, 1.82) is 0 Å². The minimum atomic E-state index is -1.10. The van der Waals surface area contributed by atoms with Gasteiger partial charge in [-0.1, -0.05) is 30.3 Å². The molecule has 0 bridgehead atoms. The van der Waals surface area contributed by atoms with Gasteiger partial charge in [-0.05, 0) is 5.56 Å². The van der Waals surface area contributed by atoms with Crippen LogP contribution in [0.25, 0.3) is 0 Å². The van der Waals surface area contributed by atoms with E-state index in [2.05, 4.69) is 10.1 Å². The molecule has 16 heavy (non-hydrogen) atoms. The number of hydrogen-bond donors (Lipinski definition) is 2. The fourth-order valence-corrected chi connectivity index (χ4v) is 1.27. The summed E-state index contributed by atoms with van der Waals surface area (Å²) in [6.45, 7) is -0.156. The topological polar surface area (TPSA) is 75.6 Å². The number of benzene rings is 1. The Morgan fingerprint density at radius 3 is 2.50 bits per heavy atom. The van der Waals surface area contributed by atoms with Gasteiger partial charge in [-0.15, -0.1) is 0 Å². The van der Waals surface area contributed by atoms with Crippen LogP contribution in [0.1, 0.15) is 11.6 Å². The largest absolute Gasteiger partial charge is 0.479 e. The van der Waals surface area contributed by atoms with Crippen LogP contribution in [0.5, 0.6) is 0 Å². The van der Waals surface area contributed by atoms with Crippen LogP contribution in [-0.4, -0.2) is 30.7 Å². The lowest BCUT2D eigenvalue weighted by atomic mass is 10.1. The molecule has 0 saturated carbocycles. The van der Waals surface area contributed by atoms with Gasteiger partial charge in [0.05, 0.1) is 0 Å². The molecule has 0 radical (unpaired) electrons. The number of amides is 1. The van der Waals surface area contributed by atoms with Gasteiger partial charge < -0.3 is 15.2 Å². The van der Waals surface area contributed by atoms with E-state index in [1.807, 2.05) is 0 Å². The van der Waals surface area contributed by atoms with Crippen molar-refractivity contribution in [2.24, 2.45) is 0 Å². The summed E-state index contributed by atoms with van der Waals surface area (Å²) >= 11 is 0. The van der Waals surface area contributed by atoms with E-state index in [-0.39, 0.29) is 6.61 Å². The van der Waals surface area contributed by atoms with E-state index in [4.69, 9.17) is 5.11 Å². The first kappa shape index (κ1) is 12.2. The number of carboxylic acids is 1. The lowest BCUT2D eigenvalue weighted by molar-refractivity contribution is -0.142. The normalized spacial score (nSPS) is 11.8. The Balaban J connectivity index is 2.77. The third kappa shape index (κ3) is 3.36. The maximum atomic E-state index is 11.2. The molecule has 1 aromatic carbocycles. The monoisotopic (exact) mass is 223 g/mol. The molecule has 1 aromatic rings. The van der Waals surface area contributed by atoms with Gasteiger partial charge in [-0.2, -0.15) is 0 Å². The van der Waals surface area contributed by atoms with E-state index < -0.39 is 17.9 Å². The Morgan fingerprint density at radius 1 is 1.38 bits per heavy atom. The highest BCUT2D eigenvalue weighted by atomic mass is 16.5. The van der Waals surface area contributed by atoms with E-state index in [0.717, 1.165) is 0 Å². The van der Waals surface area contributed by atoms with Crippen molar-refractivity contribution in [1.82, 2.24) is 5.32 Å². The molecule has 0 aliphatic rings. The molecule has 5 heteroatoms. The van der Waals surface area contributed by atoms with Crippen LogP contribution in [0, 0.1) is 0 Å². The van der Waals surface area contributed by atoms with Crippen molar-refractivity contribution in [2.45, 2.75) is 6.04 Å². The number of aliphatic carboxylic acids is 1. The molecule has 2 N–H and O–H groups in total. The van der Waals surface area contributed by atoms with Crippen LogP contribution < -0.4 is 5.32 Å². The minimum Gasteiger partial charge on any atom is -0.479 e. The lowest BCUT2D eigenvalue weighted by Gasteiger charge is -2.14. The highest BCUT2D eigenvalue weighted by Crippen LogP contribution is 2.12. The molecule has 0 spiro atoms. The van der Waals surface area contributed by atoms with Crippen molar-refractivity contribution < 1.29 is 19.4 Å². The summed E-state index contributed by atoms with van der Waals surface area (Å²) < 4.78 is 4.62. The van der Waals surface area contributed by atoms with Crippen LogP contribution in [-0.2, 0) is 14.3 Å². The highest BCUT2D eigenvalue weighted by Gasteiger charge is 2.21. The third-order valence-electron chi connectivity index (χ3n) is 1.96. The summed E-state index contributed by atoms with van der Waals surface area (Å²) in [6.07, 6.45) is 0. The summed E-state index contributed by atoms with van der Waals surface area (Å²) in [5, 5.41) is 11.4. The summed E-state index contributed by atoms with van der Waals surface area (Å²) in [7, 11) is 1.37. The fourth-order valence-electron chi connectivity index (χ4n) is 1.27. The quantitative estimate of drug-likeness (QED) is 0.765. The van der Waals surface area contributed by atoms with Crippen LogP contribution in [0.3, 0.4) is 0 Å². The molecular formula is C11H13NO4. The Kier molecular flexibility index (Phi) is 4.47. The number of ether oxygens (including phenoxy) is 1. The van der Waals surface area contributed by atoms with Crippen LogP contribution in [0.4, 0.5) is 0 Å². The summed E-state index contributed by atoms with van der Waals surface area (Å²) in [4.78, 5) is 22.2. The molecule has 1 atom stereocenters. The molecule has 0 heterocycles. The summed E-state index contributed by atoms with van der Waals surface area (Å²) in [5.41, 5.74) is 0.527. The molecule has 0 saturated heterocycles. The second kappa shape index (κ2) is 5.87. The lowest BCUT2D eigenvalue weighted by Crippen LogP contribution is -2.35. The van der Waals surface area contributed by atoms with Gasteiger partial charge in [0, 0.05) is 7.11 Å². The molecular weight excluding hydrogens is 210 g/mol. The van der Waals surface area contributed by atoms with Crippen molar-refractivity contribution >= 4 is 11.9 Å². The molecule has 0 aromatic heterocycles. The van der Waals surface area contributed by atoms with Gasteiger partial charge in [0.15, 0.2) is 6.04 Å². The second-order valence-electron chi connectivity index (χ2n) is 3.18. The SMILES string of the molecule is COCC(=O)N[C@H](C(=O)O)c1ccccc1. The summed E-state index contributed by atoms with van der Waals surface area (Å²) in [6, 6.07) is 7.46. The molecule has 86 valence electrons. The predicted octanol–water partition coefficient (Wildman–Crippen LogP) is 0.575. The zero-order valence-electron chi connectivity index (χ0n) is 8.84. The smallest absolute Gasteiger partial charge is 0.330 e. The zero-order valence-corrected chi connectivity index (χ0v) is 8.84. The number of nitrogens with one attached hydrogen (secondary N) is 1. The van der Waals surface area contributed by atoms with Crippen molar-refractivity contribution in [3.63, 3.8) is 0 Å². The van der Waals surface area contributed by atoms with E-state index in [1.165, 1.54) is 7.11 Å². The van der Waals surface area contributed by atoms with Gasteiger partial charge in [-0.3, -0.25) is 4.79 Å². The molecule has 5 nitrogen and oxygen atoms in total. The van der Waals surface area contributed by atoms with Gasteiger partial charge in [-0.25, -0.2) is 4.79 Å². The molecule has 0 fully saturated rings. The number of methoxy groups -OCH3 is 1. The average Bonchev–Trinajstić information content (AvgIpc) is 2.27. The number of carbonyl (C=O) groups excluding carboxylic acids is 1. The first-order valence-corrected chi connectivity index (χ1v) is 4.71. The van der Waals surface area contributed by atoms with Crippen LogP contribution >= 0.6 is 0 Å². The number of hydrogen-bond acceptors (Lipinski definition) is 3. The van der Waals surface area contributed by atoms with Crippen molar-refractivity contribution in [2.75, 3.05) is 13.7 Å². The van der Waals surface area contributed by atoms with Crippen molar-refractivity contribution in [3.8, 4) is 0 Å². The van der Waals surface area contributed by atoms with Crippen molar-refractivity contribution in [3.05, 3.63) is 35.9 Å². The Bertz CT molecular complexity index is 364.